The van der Waals surface area contributed by atoms with Crippen molar-refractivity contribution in [1.29, 1.82) is 0 Å². The molecular formula is C11H18N2O3. The monoisotopic (exact) mass is 226 g/mol. The van der Waals surface area contributed by atoms with Crippen molar-refractivity contribution >= 4 is 5.97 Å². The van der Waals surface area contributed by atoms with Gasteiger partial charge in [-0.25, -0.2) is 4.98 Å². The Hall–Kier alpha value is -1.36. The Morgan fingerprint density at radius 1 is 1.62 bits per heavy atom. The third kappa shape index (κ3) is 2.82. The van der Waals surface area contributed by atoms with Crippen LogP contribution in [0.4, 0.5) is 0 Å². The molecule has 0 aliphatic carbocycles. The summed E-state index contributed by atoms with van der Waals surface area (Å²) >= 11 is 0. The molecule has 1 heterocycles. The Bertz CT molecular complexity index is 349. The number of aliphatic hydroxyl groups is 1. The molecule has 16 heavy (non-hydrogen) atoms. The van der Waals surface area contributed by atoms with Crippen LogP contribution in [0.15, 0.2) is 12.5 Å². The summed E-state index contributed by atoms with van der Waals surface area (Å²) in [5.74, 6) is -1.60. The number of imidazole rings is 1. The van der Waals surface area contributed by atoms with E-state index in [1.54, 1.807) is 12.5 Å². The molecule has 0 aromatic carbocycles. The highest BCUT2D eigenvalue weighted by atomic mass is 16.4. The van der Waals surface area contributed by atoms with Gasteiger partial charge in [0.2, 0.25) is 0 Å². The molecule has 0 amide bonds. The zero-order valence-corrected chi connectivity index (χ0v) is 9.63. The van der Waals surface area contributed by atoms with Gasteiger partial charge in [-0.2, -0.15) is 0 Å². The number of carbonyl (C=O) groups is 1. The Morgan fingerprint density at radius 2 is 2.31 bits per heavy atom. The fraction of sp³-hybridized carbons (Fsp3) is 0.636. The van der Waals surface area contributed by atoms with E-state index in [-0.39, 0.29) is 12.5 Å². The number of aryl methyl sites for hydroxylation is 1. The van der Waals surface area contributed by atoms with Gasteiger partial charge in [0.25, 0.3) is 0 Å². The summed E-state index contributed by atoms with van der Waals surface area (Å²) in [7, 11) is 1.86. The standard InChI is InChI=1S/C11H18N2O3/c1-3-10(11(15)16)8(6-14)4-9-5-12-7-13(9)2/h5,7-8,10,14H,3-4,6H2,1-2H3,(H,15,16). The molecule has 0 spiro atoms. The topological polar surface area (TPSA) is 75.3 Å². The molecule has 2 N–H and O–H groups in total. The second kappa shape index (κ2) is 5.65. The van der Waals surface area contributed by atoms with Crippen LogP contribution in [0.1, 0.15) is 19.0 Å². The van der Waals surface area contributed by atoms with Crippen molar-refractivity contribution in [3.05, 3.63) is 18.2 Å². The first-order chi connectivity index (χ1) is 7.60. The van der Waals surface area contributed by atoms with Crippen molar-refractivity contribution < 1.29 is 15.0 Å². The Labute approximate surface area is 94.7 Å². The molecule has 0 bridgehead atoms. The Balaban J connectivity index is 2.75. The van der Waals surface area contributed by atoms with Crippen LogP contribution in [0.25, 0.3) is 0 Å². The van der Waals surface area contributed by atoms with Crippen LogP contribution in [0, 0.1) is 11.8 Å². The van der Waals surface area contributed by atoms with Gasteiger partial charge in [-0.1, -0.05) is 6.92 Å². The van der Waals surface area contributed by atoms with Gasteiger partial charge in [0, 0.05) is 31.5 Å². The van der Waals surface area contributed by atoms with Crippen LogP contribution in [-0.2, 0) is 18.3 Å². The number of hydrogen-bond acceptors (Lipinski definition) is 3. The molecule has 2 unspecified atom stereocenters. The molecule has 90 valence electrons. The number of aliphatic carboxylic acids is 1. The molecular weight excluding hydrogens is 208 g/mol. The number of nitrogens with zero attached hydrogens (tertiary/aromatic N) is 2. The van der Waals surface area contributed by atoms with Gasteiger partial charge in [0.15, 0.2) is 0 Å². The summed E-state index contributed by atoms with van der Waals surface area (Å²) in [6.45, 7) is 1.71. The second-order valence-corrected chi connectivity index (χ2v) is 4.00. The zero-order valence-electron chi connectivity index (χ0n) is 9.63. The highest BCUT2D eigenvalue weighted by molar-refractivity contribution is 5.70. The van der Waals surface area contributed by atoms with E-state index in [1.807, 2.05) is 18.5 Å². The van der Waals surface area contributed by atoms with E-state index in [4.69, 9.17) is 5.11 Å². The van der Waals surface area contributed by atoms with E-state index in [0.717, 1.165) is 5.69 Å². The Kier molecular flexibility index (Phi) is 4.49. The molecule has 0 saturated heterocycles. The molecule has 0 radical (unpaired) electrons. The molecule has 5 heteroatoms. The minimum atomic E-state index is -0.844. The SMILES string of the molecule is CCC(C(=O)O)C(CO)Cc1cncn1C. The van der Waals surface area contributed by atoms with Crippen molar-refractivity contribution in [2.24, 2.45) is 18.9 Å². The third-order valence-electron chi connectivity index (χ3n) is 2.95. The van der Waals surface area contributed by atoms with E-state index in [9.17, 15) is 9.90 Å². The average molecular weight is 226 g/mol. The van der Waals surface area contributed by atoms with Crippen molar-refractivity contribution in [2.45, 2.75) is 19.8 Å². The van der Waals surface area contributed by atoms with Crippen LogP contribution in [-0.4, -0.2) is 32.3 Å². The minimum Gasteiger partial charge on any atom is -0.481 e. The second-order valence-electron chi connectivity index (χ2n) is 4.00. The smallest absolute Gasteiger partial charge is 0.306 e. The molecule has 0 aliphatic rings. The lowest BCUT2D eigenvalue weighted by molar-refractivity contribution is -0.144. The van der Waals surface area contributed by atoms with Gasteiger partial charge >= 0.3 is 5.97 Å². The highest BCUT2D eigenvalue weighted by Crippen LogP contribution is 2.20. The number of carboxylic acid groups (broad SMARTS) is 1. The minimum absolute atomic E-state index is 0.115. The first kappa shape index (κ1) is 12.7. The maximum atomic E-state index is 11.0. The number of aromatic nitrogens is 2. The predicted molar refractivity (Wildman–Crippen MR) is 58.9 cm³/mol. The van der Waals surface area contributed by atoms with Gasteiger partial charge < -0.3 is 14.8 Å². The summed E-state index contributed by atoms with van der Waals surface area (Å²) in [5, 5.41) is 18.3. The lowest BCUT2D eigenvalue weighted by Gasteiger charge is -2.20. The van der Waals surface area contributed by atoms with Gasteiger partial charge in [0.05, 0.1) is 12.2 Å². The molecule has 0 saturated carbocycles. The van der Waals surface area contributed by atoms with Crippen LogP contribution in [0.2, 0.25) is 0 Å². The molecule has 1 aromatic heterocycles. The third-order valence-corrected chi connectivity index (χ3v) is 2.95. The van der Waals surface area contributed by atoms with Crippen LogP contribution in [0.3, 0.4) is 0 Å². The van der Waals surface area contributed by atoms with Gasteiger partial charge in [-0.05, 0) is 12.8 Å². The average Bonchev–Trinajstić information content (AvgIpc) is 2.63. The van der Waals surface area contributed by atoms with Crippen molar-refractivity contribution in [2.75, 3.05) is 6.61 Å². The van der Waals surface area contributed by atoms with Crippen LogP contribution < -0.4 is 0 Å². The Morgan fingerprint density at radius 3 is 2.69 bits per heavy atom. The summed E-state index contributed by atoms with van der Waals surface area (Å²) in [4.78, 5) is 15.0. The molecule has 1 rings (SSSR count). The maximum absolute atomic E-state index is 11.0. The van der Waals surface area contributed by atoms with Gasteiger partial charge in [-0.15, -0.1) is 0 Å². The maximum Gasteiger partial charge on any atom is 0.306 e. The first-order valence-corrected chi connectivity index (χ1v) is 5.39. The van der Waals surface area contributed by atoms with Gasteiger partial charge in [-0.3, -0.25) is 4.79 Å². The fourth-order valence-electron chi connectivity index (χ4n) is 1.89. The molecule has 0 fully saturated rings. The van der Waals surface area contributed by atoms with Crippen molar-refractivity contribution in [3.63, 3.8) is 0 Å². The van der Waals surface area contributed by atoms with Crippen molar-refractivity contribution in [3.8, 4) is 0 Å². The lowest BCUT2D eigenvalue weighted by atomic mass is 9.87. The summed E-state index contributed by atoms with van der Waals surface area (Å²) in [6, 6.07) is 0. The number of rotatable bonds is 6. The largest absolute Gasteiger partial charge is 0.481 e. The molecule has 2 atom stereocenters. The number of aliphatic hydroxyl groups excluding tert-OH is 1. The first-order valence-electron chi connectivity index (χ1n) is 5.39. The normalized spacial score (nSPS) is 14.7. The number of hydrogen-bond donors (Lipinski definition) is 2. The summed E-state index contributed by atoms with van der Waals surface area (Å²) in [6.07, 6.45) is 4.44. The van der Waals surface area contributed by atoms with E-state index in [0.29, 0.717) is 12.8 Å². The van der Waals surface area contributed by atoms with Gasteiger partial charge in [0.1, 0.15) is 0 Å². The molecule has 1 aromatic rings. The number of carboxylic acids is 1. The fourth-order valence-corrected chi connectivity index (χ4v) is 1.89. The van der Waals surface area contributed by atoms with Crippen LogP contribution in [0.5, 0.6) is 0 Å². The highest BCUT2D eigenvalue weighted by Gasteiger charge is 2.26. The van der Waals surface area contributed by atoms with Crippen molar-refractivity contribution in [1.82, 2.24) is 9.55 Å². The van der Waals surface area contributed by atoms with E-state index >= 15 is 0 Å². The summed E-state index contributed by atoms with van der Waals surface area (Å²) in [5.41, 5.74) is 0.943. The summed E-state index contributed by atoms with van der Waals surface area (Å²) < 4.78 is 1.84. The molecule has 0 aliphatic heterocycles. The molecule has 5 nitrogen and oxygen atoms in total. The zero-order chi connectivity index (χ0) is 12.1. The van der Waals surface area contributed by atoms with E-state index < -0.39 is 11.9 Å². The quantitative estimate of drug-likeness (QED) is 0.748. The lowest BCUT2D eigenvalue weighted by Crippen LogP contribution is -2.28. The van der Waals surface area contributed by atoms with E-state index in [2.05, 4.69) is 4.98 Å². The van der Waals surface area contributed by atoms with E-state index in [1.165, 1.54) is 0 Å². The van der Waals surface area contributed by atoms with Crippen LogP contribution >= 0.6 is 0 Å². The predicted octanol–water partition coefficient (Wildman–Crippen LogP) is 0.682.